The SMILES string of the molecule is CCC(N)(CC)c1nn2c(C)nnc2s1. The molecular weight excluding hydrogens is 210 g/mol. The predicted molar refractivity (Wildman–Crippen MR) is 59.8 cm³/mol. The molecule has 2 N–H and O–H groups in total. The third-order valence-corrected chi connectivity index (χ3v) is 3.95. The van der Waals surface area contributed by atoms with E-state index >= 15 is 0 Å². The highest BCUT2D eigenvalue weighted by molar-refractivity contribution is 7.16. The lowest BCUT2D eigenvalue weighted by Crippen LogP contribution is -2.35. The second-order valence-corrected chi connectivity index (χ2v) is 4.67. The maximum atomic E-state index is 6.28. The van der Waals surface area contributed by atoms with Crippen molar-refractivity contribution in [2.45, 2.75) is 39.2 Å². The van der Waals surface area contributed by atoms with Crippen LogP contribution >= 0.6 is 11.3 Å². The van der Waals surface area contributed by atoms with Crippen LogP contribution in [-0.2, 0) is 5.54 Å². The van der Waals surface area contributed by atoms with Gasteiger partial charge in [-0.25, -0.2) is 0 Å². The number of fused-ring (bicyclic) bond motifs is 1. The molecule has 2 aromatic heterocycles. The molecule has 0 unspecified atom stereocenters. The fourth-order valence-electron chi connectivity index (χ4n) is 1.47. The summed E-state index contributed by atoms with van der Waals surface area (Å²) < 4.78 is 1.76. The highest BCUT2D eigenvalue weighted by Crippen LogP contribution is 2.29. The molecule has 2 rings (SSSR count). The smallest absolute Gasteiger partial charge is 0.234 e. The molecule has 5 nitrogen and oxygen atoms in total. The molecule has 6 heteroatoms. The van der Waals surface area contributed by atoms with Crippen LogP contribution in [0.25, 0.3) is 4.96 Å². The van der Waals surface area contributed by atoms with Crippen LogP contribution in [0.2, 0.25) is 0 Å². The van der Waals surface area contributed by atoms with E-state index in [9.17, 15) is 0 Å². The van der Waals surface area contributed by atoms with Gasteiger partial charge in [0.05, 0.1) is 5.54 Å². The van der Waals surface area contributed by atoms with Crippen molar-refractivity contribution in [3.05, 3.63) is 10.8 Å². The van der Waals surface area contributed by atoms with Gasteiger partial charge < -0.3 is 5.73 Å². The molecule has 0 aromatic carbocycles. The molecule has 82 valence electrons. The Morgan fingerprint density at radius 2 is 2.00 bits per heavy atom. The van der Waals surface area contributed by atoms with E-state index in [1.807, 2.05) is 6.92 Å². The molecule has 0 saturated carbocycles. The van der Waals surface area contributed by atoms with E-state index in [0.717, 1.165) is 28.6 Å². The van der Waals surface area contributed by atoms with Crippen molar-refractivity contribution in [1.29, 1.82) is 0 Å². The van der Waals surface area contributed by atoms with Crippen LogP contribution in [0.3, 0.4) is 0 Å². The average molecular weight is 225 g/mol. The molecule has 0 saturated heterocycles. The van der Waals surface area contributed by atoms with Gasteiger partial charge in [-0.2, -0.15) is 9.61 Å². The van der Waals surface area contributed by atoms with E-state index in [2.05, 4.69) is 29.1 Å². The molecule has 0 radical (unpaired) electrons. The van der Waals surface area contributed by atoms with Gasteiger partial charge in [-0.05, 0) is 19.8 Å². The van der Waals surface area contributed by atoms with E-state index < -0.39 is 0 Å². The predicted octanol–water partition coefficient (Wildman–Crippen LogP) is 1.47. The first-order valence-electron chi connectivity index (χ1n) is 5.09. The lowest BCUT2D eigenvalue weighted by atomic mass is 9.95. The van der Waals surface area contributed by atoms with Crippen LogP contribution in [0, 0.1) is 6.92 Å². The van der Waals surface area contributed by atoms with Crippen LogP contribution in [-0.4, -0.2) is 19.8 Å². The van der Waals surface area contributed by atoms with Crippen molar-refractivity contribution in [2.75, 3.05) is 0 Å². The number of nitrogens with two attached hydrogens (primary N) is 1. The summed E-state index contributed by atoms with van der Waals surface area (Å²) >= 11 is 1.53. The first-order valence-corrected chi connectivity index (χ1v) is 5.90. The maximum absolute atomic E-state index is 6.28. The van der Waals surface area contributed by atoms with Crippen LogP contribution in [0.1, 0.15) is 37.5 Å². The highest BCUT2D eigenvalue weighted by atomic mass is 32.1. The van der Waals surface area contributed by atoms with Crippen LogP contribution < -0.4 is 5.73 Å². The highest BCUT2D eigenvalue weighted by Gasteiger charge is 2.28. The molecule has 0 aliphatic heterocycles. The molecule has 2 heterocycles. The quantitative estimate of drug-likeness (QED) is 0.858. The van der Waals surface area contributed by atoms with E-state index in [0.29, 0.717) is 0 Å². The lowest BCUT2D eigenvalue weighted by molar-refractivity contribution is 0.406. The van der Waals surface area contributed by atoms with E-state index in [1.165, 1.54) is 11.3 Å². The monoisotopic (exact) mass is 225 g/mol. The third-order valence-electron chi connectivity index (χ3n) is 2.83. The van der Waals surface area contributed by atoms with Crippen molar-refractivity contribution in [3.63, 3.8) is 0 Å². The fraction of sp³-hybridized carbons (Fsp3) is 0.667. The molecular formula is C9H15N5S. The second kappa shape index (κ2) is 3.53. The zero-order chi connectivity index (χ0) is 11.1. The van der Waals surface area contributed by atoms with Crippen molar-refractivity contribution in [1.82, 2.24) is 19.8 Å². The van der Waals surface area contributed by atoms with E-state index in [4.69, 9.17) is 5.73 Å². The van der Waals surface area contributed by atoms with Gasteiger partial charge in [0.25, 0.3) is 0 Å². The zero-order valence-corrected chi connectivity index (χ0v) is 10.0. The Labute approximate surface area is 92.3 Å². The minimum atomic E-state index is -0.322. The number of aromatic nitrogens is 4. The minimum absolute atomic E-state index is 0.322. The van der Waals surface area contributed by atoms with Gasteiger partial charge in [0.1, 0.15) is 5.01 Å². The average Bonchev–Trinajstić information content (AvgIpc) is 2.80. The Balaban J connectivity index is 2.52. The fourth-order valence-corrected chi connectivity index (χ4v) is 2.60. The Bertz CT molecular complexity index is 468. The third kappa shape index (κ3) is 1.53. The Hall–Kier alpha value is -1.01. The van der Waals surface area contributed by atoms with Gasteiger partial charge in [0.2, 0.25) is 4.96 Å². The zero-order valence-electron chi connectivity index (χ0n) is 9.19. The molecule has 15 heavy (non-hydrogen) atoms. The number of hydrogen-bond acceptors (Lipinski definition) is 5. The molecule has 0 spiro atoms. The van der Waals surface area contributed by atoms with Crippen LogP contribution in [0.15, 0.2) is 0 Å². The van der Waals surface area contributed by atoms with Crippen LogP contribution in [0.5, 0.6) is 0 Å². The maximum Gasteiger partial charge on any atom is 0.234 e. The summed E-state index contributed by atoms with van der Waals surface area (Å²) in [6, 6.07) is 0. The van der Waals surface area contributed by atoms with Gasteiger partial charge in [-0.3, -0.25) is 0 Å². The summed E-state index contributed by atoms with van der Waals surface area (Å²) in [5.41, 5.74) is 5.96. The first kappa shape index (κ1) is 10.5. The second-order valence-electron chi connectivity index (χ2n) is 3.71. The summed E-state index contributed by atoms with van der Waals surface area (Å²) in [7, 11) is 0. The molecule has 0 fully saturated rings. The largest absolute Gasteiger partial charge is 0.319 e. The van der Waals surface area contributed by atoms with E-state index in [-0.39, 0.29) is 5.54 Å². The number of hydrogen-bond donors (Lipinski definition) is 1. The Morgan fingerprint density at radius 1 is 1.33 bits per heavy atom. The molecule has 0 bridgehead atoms. The Morgan fingerprint density at radius 3 is 2.53 bits per heavy atom. The summed E-state index contributed by atoms with van der Waals surface area (Å²) in [6.07, 6.45) is 1.76. The summed E-state index contributed by atoms with van der Waals surface area (Å²) in [5.74, 6) is 0.807. The van der Waals surface area contributed by atoms with Gasteiger partial charge in [-0.1, -0.05) is 25.2 Å². The van der Waals surface area contributed by atoms with Crippen molar-refractivity contribution in [2.24, 2.45) is 5.73 Å². The summed E-state index contributed by atoms with van der Waals surface area (Å²) in [5, 5.41) is 13.4. The van der Waals surface area contributed by atoms with Gasteiger partial charge in [-0.15, -0.1) is 10.2 Å². The molecule has 0 aliphatic carbocycles. The standard InChI is InChI=1S/C9H15N5S/c1-4-9(10,5-2)7-13-14-6(3)11-12-8(14)15-7/h4-5,10H2,1-3H3. The Kier molecular flexibility index (Phi) is 2.47. The topological polar surface area (TPSA) is 69.1 Å². The molecule has 2 aromatic rings. The number of nitrogens with zero attached hydrogens (tertiary/aromatic N) is 4. The first-order chi connectivity index (χ1) is 7.10. The molecule has 0 atom stereocenters. The molecule has 0 aliphatic rings. The van der Waals surface area contributed by atoms with Gasteiger partial charge in [0, 0.05) is 0 Å². The van der Waals surface area contributed by atoms with Gasteiger partial charge in [0.15, 0.2) is 5.82 Å². The number of rotatable bonds is 3. The van der Waals surface area contributed by atoms with Crippen molar-refractivity contribution in [3.8, 4) is 0 Å². The van der Waals surface area contributed by atoms with Crippen molar-refractivity contribution < 1.29 is 0 Å². The number of aryl methyl sites for hydroxylation is 1. The van der Waals surface area contributed by atoms with Crippen molar-refractivity contribution >= 4 is 16.3 Å². The minimum Gasteiger partial charge on any atom is -0.319 e. The van der Waals surface area contributed by atoms with Crippen LogP contribution in [0.4, 0.5) is 0 Å². The molecule has 0 amide bonds. The summed E-state index contributed by atoms with van der Waals surface area (Å²) in [6.45, 7) is 6.05. The normalized spacial score (nSPS) is 12.5. The lowest BCUT2D eigenvalue weighted by Gasteiger charge is -2.22. The summed E-state index contributed by atoms with van der Waals surface area (Å²) in [4.78, 5) is 0.819. The van der Waals surface area contributed by atoms with E-state index in [1.54, 1.807) is 4.52 Å². The van der Waals surface area contributed by atoms with Gasteiger partial charge >= 0.3 is 0 Å².